The Morgan fingerprint density at radius 2 is 1.92 bits per heavy atom. The third-order valence-corrected chi connectivity index (χ3v) is 4.60. The second-order valence-corrected chi connectivity index (χ2v) is 7.46. The van der Waals surface area contributed by atoms with Crippen LogP contribution in [0.15, 0.2) is 60.0 Å². The Bertz CT molecular complexity index is 874. The van der Waals surface area contributed by atoms with Gasteiger partial charge in [0.05, 0.1) is 10.7 Å². The van der Waals surface area contributed by atoms with Gasteiger partial charge in [-0.05, 0) is 38.1 Å². The fourth-order valence-corrected chi connectivity index (χ4v) is 3.60. The van der Waals surface area contributed by atoms with Crippen LogP contribution < -0.4 is 5.32 Å². The lowest BCUT2D eigenvalue weighted by molar-refractivity contribution is 0.0913. The molecule has 0 atom stereocenters. The summed E-state index contributed by atoms with van der Waals surface area (Å²) in [6, 6.07) is 15.5. The first-order chi connectivity index (χ1) is 11.9. The molecule has 0 saturated carbocycles. The van der Waals surface area contributed by atoms with Crippen molar-refractivity contribution in [3.8, 4) is 11.3 Å². The van der Waals surface area contributed by atoms with Crippen LogP contribution in [0.3, 0.4) is 0 Å². The molecule has 1 heterocycles. The van der Waals surface area contributed by atoms with E-state index in [2.05, 4.69) is 10.3 Å². The Balaban J connectivity index is 1.70. The summed E-state index contributed by atoms with van der Waals surface area (Å²) in [6.45, 7) is 3.94. The van der Waals surface area contributed by atoms with Crippen molar-refractivity contribution in [2.75, 3.05) is 0 Å². The van der Waals surface area contributed by atoms with Crippen LogP contribution in [0.1, 0.15) is 29.2 Å². The molecule has 3 rings (SSSR count). The Kier molecular flexibility index (Phi) is 4.95. The second kappa shape index (κ2) is 7.15. The lowest BCUT2D eigenvalue weighted by Gasteiger charge is -2.25. The molecule has 0 spiro atoms. The minimum atomic E-state index is -0.440. The molecule has 0 aliphatic carbocycles. The van der Waals surface area contributed by atoms with Gasteiger partial charge in [-0.25, -0.2) is 9.37 Å². The minimum Gasteiger partial charge on any atom is -0.347 e. The third-order valence-electron chi connectivity index (χ3n) is 3.75. The molecule has 3 nitrogen and oxygen atoms in total. The van der Waals surface area contributed by atoms with Gasteiger partial charge in [0.2, 0.25) is 0 Å². The summed E-state index contributed by atoms with van der Waals surface area (Å²) >= 11 is 1.52. The van der Waals surface area contributed by atoms with Crippen LogP contribution in [0.25, 0.3) is 11.3 Å². The van der Waals surface area contributed by atoms with Crippen molar-refractivity contribution in [3.63, 3.8) is 0 Å². The van der Waals surface area contributed by atoms with E-state index in [1.165, 1.54) is 23.5 Å². The molecule has 128 valence electrons. The number of nitrogens with one attached hydrogen (secondary N) is 1. The second-order valence-electron chi connectivity index (χ2n) is 6.52. The molecule has 25 heavy (non-hydrogen) atoms. The molecule has 0 aliphatic rings. The van der Waals surface area contributed by atoms with Gasteiger partial charge in [-0.2, -0.15) is 0 Å². The van der Waals surface area contributed by atoms with Gasteiger partial charge in [-0.3, -0.25) is 4.79 Å². The Hall–Kier alpha value is -2.53. The number of aromatic nitrogens is 1. The van der Waals surface area contributed by atoms with E-state index in [0.29, 0.717) is 12.0 Å². The maximum atomic E-state index is 13.4. The van der Waals surface area contributed by atoms with E-state index in [0.717, 1.165) is 16.3 Å². The Morgan fingerprint density at radius 1 is 1.16 bits per heavy atom. The summed E-state index contributed by atoms with van der Waals surface area (Å²) in [7, 11) is 0. The molecule has 0 aliphatic heterocycles. The van der Waals surface area contributed by atoms with Crippen LogP contribution in [-0.4, -0.2) is 16.4 Å². The summed E-state index contributed by atoms with van der Waals surface area (Å²) in [4.78, 5) is 16.9. The zero-order valence-electron chi connectivity index (χ0n) is 14.1. The molecular formula is C20H19FN2OS. The molecule has 0 radical (unpaired) electrons. The predicted molar refractivity (Wildman–Crippen MR) is 99.2 cm³/mol. The van der Waals surface area contributed by atoms with Crippen molar-refractivity contribution in [2.24, 2.45) is 0 Å². The van der Waals surface area contributed by atoms with Gasteiger partial charge in [-0.1, -0.05) is 30.3 Å². The highest BCUT2D eigenvalue weighted by atomic mass is 32.1. The number of carbonyl (C=O) groups excluding carboxylic acids is 1. The van der Waals surface area contributed by atoms with Crippen LogP contribution in [0.5, 0.6) is 0 Å². The van der Waals surface area contributed by atoms with Gasteiger partial charge in [0.1, 0.15) is 5.82 Å². The van der Waals surface area contributed by atoms with Gasteiger partial charge in [0, 0.05) is 28.5 Å². The molecule has 1 N–H and O–H groups in total. The van der Waals surface area contributed by atoms with Crippen LogP contribution in [-0.2, 0) is 6.42 Å². The maximum absolute atomic E-state index is 13.4. The number of amides is 1. The lowest BCUT2D eigenvalue weighted by atomic mass is 10.0. The molecule has 3 aromatic rings. The van der Waals surface area contributed by atoms with Crippen molar-refractivity contribution in [2.45, 2.75) is 25.8 Å². The first-order valence-electron chi connectivity index (χ1n) is 8.01. The van der Waals surface area contributed by atoms with Crippen molar-refractivity contribution in [1.82, 2.24) is 10.3 Å². The van der Waals surface area contributed by atoms with Gasteiger partial charge in [0.25, 0.3) is 5.91 Å². The first kappa shape index (κ1) is 17.3. The van der Waals surface area contributed by atoms with Crippen molar-refractivity contribution in [3.05, 3.63) is 76.4 Å². The van der Waals surface area contributed by atoms with E-state index in [1.807, 2.05) is 43.5 Å². The van der Waals surface area contributed by atoms with Crippen LogP contribution >= 0.6 is 11.3 Å². The zero-order chi connectivity index (χ0) is 17.9. The van der Waals surface area contributed by atoms with Crippen LogP contribution in [0.4, 0.5) is 4.39 Å². The number of halogens is 1. The molecule has 0 bridgehead atoms. The van der Waals surface area contributed by atoms with E-state index < -0.39 is 5.54 Å². The predicted octanol–water partition coefficient (Wildman–Crippen LogP) is 4.70. The fourth-order valence-electron chi connectivity index (χ4n) is 2.56. The summed E-state index contributed by atoms with van der Waals surface area (Å²) in [5.41, 5.74) is 1.71. The van der Waals surface area contributed by atoms with Gasteiger partial charge in [-0.15, -0.1) is 11.3 Å². The highest BCUT2D eigenvalue weighted by molar-refractivity contribution is 7.10. The van der Waals surface area contributed by atoms with Crippen LogP contribution in [0.2, 0.25) is 0 Å². The molecule has 1 aromatic heterocycles. The normalized spacial score (nSPS) is 11.3. The van der Waals surface area contributed by atoms with Crippen molar-refractivity contribution < 1.29 is 9.18 Å². The monoisotopic (exact) mass is 354 g/mol. The summed E-state index contributed by atoms with van der Waals surface area (Å²) in [5.74, 6) is -0.380. The topological polar surface area (TPSA) is 42.0 Å². The Morgan fingerprint density at radius 3 is 2.64 bits per heavy atom. The molecule has 2 aromatic carbocycles. The number of thiazole rings is 1. The number of nitrogens with zero attached hydrogens (tertiary/aromatic N) is 1. The number of hydrogen-bond acceptors (Lipinski definition) is 3. The summed E-state index contributed by atoms with van der Waals surface area (Å²) < 4.78 is 13.4. The average molecular weight is 354 g/mol. The zero-order valence-corrected chi connectivity index (χ0v) is 14.9. The highest BCUT2D eigenvalue weighted by Crippen LogP contribution is 2.25. The maximum Gasteiger partial charge on any atom is 0.251 e. The minimum absolute atomic E-state index is 0.104. The van der Waals surface area contributed by atoms with E-state index >= 15 is 0 Å². The Labute approximate surface area is 150 Å². The van der Waals surface area contributed by atoms with E-state index in [9.17, 15) is 9.18 Å². The molecule has 0 unspecified atom stereocenters. The van der Waals surface area contributed by atoms with Crippen molar-refractivity contribution >= 4 is 17.2 Å². The summed E-state index contributed by atoms with van der Waals surface area (Å²) in [6.07, 6.45) is 0.603. The van der Waals surface area contributed by atoms with E-state index in [-0.39, 0.29) is 11.7 Å². The highest BCUT2D eigenvalue weighted by Gasteiger charge is 2.23. The molecule has 0 fully saturated rings. The van der Waals surface area contributed by atoms with E-state index in [4.69, 9.17) is 0 Å². The molecule has 1 amide bonds. The van der Waals surface area contributed by atoms with E-state index in [1.54, 1.807) is 18.2 Å². The quantitative estimate of drug-likeness (QED) is 0.721. The number of benzene rings is 2. The van der Waals surface area contributed by atoms with Gasteiger partial charge < -0.3 is 5.32 Å². The smallest absolute Gasteiger partial charge is 0.251 e. The lowest BCUT2D eigenvalue weighted by Crippen LogP contribution is -2.45. The molecule has 5 heteroatoms. The molecular weight excluding hydrogens is 335 g/mol. The SMILES string of the molecule is CC(C)(Cc1nc(-c2cccc(F)c2)cs1)NC(=O)c1ccccc1. The fraction of sp³-hybridized carbons (Fsp3) is 0.200. The standard InChI is InChI=1S/C20H19FN2OS/c1-20(2,23-19(24)14-7-4-3-5-8-14)12-18-22-17(13-25-18)15-9-6-10-16(21)11-15/h3-11,13H,12H2,1-2H3,(H,23,24). The number of rotatable bonds is 5. The first-order valence-corrected chi connectivity index (χ1v) is 8.89. The molecule has 0 saturated heterocycles. The average Bonchev–Trinajstić information content (AvgIpc) is 3.03. The van der Waals surface area contributed by atoms with Crippen LogP contribution in [0, 0.1) is 5.82 Å². The number of hydrogen-bond donors (Lipinski definition) is 1. The largest absolute Gasteiger partial charge is 0.347 e. The number of carbonyl (C=O) groups is 1. The van der Waals surface area contributed by atoms with Crippen molar-refractivity contribution in [1.29, 1.82) is 0 Å². The van der Waals surface area contributed by atoms with Gasteiger partial charge in [0.15, 0.2) is 0 Å². The van der Waals surface area contributed by atoms with Gasteiger partial charge >= 0.3 is 0 Å². The summed E-state index contributed by atoms with van der Waals surface area (Å²) in [5, 5.41) is 5.86. The third kappa shape index (κ3) is 4.51.